The third-order valence-electron chi connectivity index (χ3n) is 3.44. The van der Waals surface area contributed by atoms with Crippen LogP contribution in [0.25, 0.3) is 0 Å². The highest BCUT2D eigenvalue weighted by Gasteiger charge is 2.54. The molecule has 4 nitrogen and oxygen atoms in total. The molecule has 1 rings (SSSR count). The summed E-state index contributed by atoms with van der Waals surface area (Å²) in [6.45, 7) is 10.6. The van der Waals surface area contributed by atoms with Gasteiger partial charge in [0.1, 0.15) is 0 Å². The second-order valence-corrected chi connectivity index (χ2v) is 5.60. The van der Waals surface area contributed by atoms with Crippen molar-refractivity contribution >= 4 is 5.96 Å². The lowest BCUT2D eigenvalue weighted by Crippen LogP contribution is -2.61. The molecule has 3 unspecified atom stereocenters. The zero-order valence-electron chi connectivity index (χ0n) is 11.2. The van der Waals surface area contributed by atoms with Crippen molar-refractivity contribution in [1.29, 1.82) is 0 Å². The molecule has 0 radical (unpaired) electrons. The lowest BCUT2D eigenvalue weighted by atomic mass is 9.58. The Morgan fingerprint density at radius 1 is 1.44 bits per heavy atom. The summed E-state index contributed by atoms with van der Waals surface area (Å²) in [7, 11) is 1.76. The van der Waals surface area contributed by atoms with Crippen LogP contribution in [0.15, 0.2) is 4.99 Å². The summed E-state index contributed by atoms with van der Waals surface area (Å²) < 4.78 is 5.48. The number of guanidine groups is 1. The van der Waals surface area contributed by atoms with Crippen molar-refractivity contribution in [1.82, 2.24) is 5.32 Å². The first-order chi connectivity index (χ1) is 7.30. The first kappa shape index (κ1) is 13.3. The summed E-state index contributed by atoms with van der Waals surface area (Å²) >= 11 is 0. The van der Waals surface area contributed by atoms with E-state index in [1.54, 1.807) is 7.11 Å². The fourth-order valence-corrected chi connectivity index (χ4v) is 2.86. The van der Waals surface area contributed by atoms with Crippen LogP contribution in [0, 0.1) is 11.3 Å². The third-order valence-corrected chi connectivity index (χ3v) is 3.44. The molecule has 1 aliphatic rings. The number of nitrogens with one attached hydrogen (secondary N) is 1. The Balaban J connectivity index is 2.69. The predicted octanol–water partition coefficient (Wildman–Crippen LogP) is 1.36. The molecular weight excluding hydrogens is 202 g/mol. The number of aliphatic imine (C=N–C) groups is 1. The van der Waals surface area contributed by atoms with Crippen LogP contribution in [0.4, 0.5) is 0 Å². The molecule has 1 saturated carbocycles. The van der Waals surface area contributed by atoms with Gasteiger partial charge < -0.3 is 15.8 Å². The van der Waals surface area contributed by atoms with Gasteiger partial charge in [0, 0.05) is 24.5 Å². The zero-order valence-corrected chi connectivity index (χ0v) is 11.2. The van der Waals surface area contributed by atoms with Crippen molar-refractivity contribution in [2.24, 2.45) is 22.1 Å². The summed E-state index contributed by atoms with van der Waals surface area (Å²) in [4.78, 5) is 4.56. The molecule has 1 aliphatic carbocycles. The van der Waals surface area contributed by atoms with Crippen LogP contribution in [-0.2, 0) is 4.74 Å². The topological polar surface area (TPSA) is 59.6 Å². The van der Waals surface area contributed by atoms with Gasteiger partial charge in [-0.1, -0.05) is 20.8 Å². The molecule has 3 N–H and O–H groups in total. The Kier molecular flexibility index (Phi) is 3.84. The van der Waals surface area contributed by atoms with Gasteiger partial charge in [-0.2, -0.15) is 0 Å². The first-order valence-electron chi connectivity index (χ1n) is 5.93. The molecule has 0 amide bonds. The van der Waals surface area contributed by atoms with Gasteiger partial charge >= 0.3 is 0 Å². The number of methoxy groups -OCH3 is 1. The Hall–Kier alpha value is -0.770. The molecule has 0 saturated heterocycles. The highest BCUT2D eigenvalue weighted by Crippen LogP contribution is 2.48. The number of ether oxygens (including phenoxy) is 1. The van der Waals surface area contributed by atoms with Gasteiger partial charge in [-0.05, 0) is 13.8 Å². The number of rotatable bonds is 3. The second kappa shape index (κ2) is 4.62. The first-order valence-corrected chi connectivity index (χ1v) is 5.93. The van der Waals surface area contributed by atoms with Crippen LogP contribution in [0.1, 0.15) is 34.6 Å². The molecule has 1 fully saturated rings. The minimum Gasteiger partial charge on any atom is -0.380 e. The smallest absolute Gasteiger partial charge is 0.189 e. The third kappa shape index (κ3) is 2.32. The van der Waals surface area contributed by atoms with E-state index in [4.69, 9.17) is 10.5 Å². The lowest BCUT2D eigenvalue weighted by molar-refractivity contribution is -0.132. The molecule has 0 spiro atoms. The van der Waals surface area contributed by atoms with Crippen molar-refractivity contribution < 1.29 is 4.74 Å². The standard InChI is InChI=1S/C12H25N3O/c1-7(2)14-11(13)15-9-8(3)10(16-6)12(9,4)5/h7-10H,1-6H3,(H3,13,14,15). The SMILES string of the molecule is COC1C(C)C(N=C(N)NC(C)C)C1(C)C. The van der Waals surface area contributed by atoms with E-state index in [0.29, 0.717) is 17.9 Å². The van der Waals surface area contributed by atoms with Crippen molar-refractivity contribution in [2.75, 3.05) is 7.11 Å². The molecule has 0 heterocycles. The molecule has 0 aromatic rings. The number of nitrogens with zero attached hydrogens (tertiary/aromatic N) is 1. The summed E-state index contributed by atoms with van der Waals surface area (Å²) in [6.07, 6.45) is 0.271. The highest BCUT2D eigenvalue weighted by atomic mass is 16.5. The molecule has 3 atom stereocenters. The van der Waals surface area contributed by atoms with Crippen molar-refractivity contribution in [2.45, 2.75) is 52.8 Å². The van der Waals surface area contributed by atoms with Crippen molar-refractivity contribution in [3.63, 3.8) is 0 Å². The van der Waals surface area contributed by atoms with Gasteiger partial charge in [0.25, 0.3) is 0 Å². The maximum Gasteiger partial charge on any atom is 0.189 e. The van der Waals surface area contributed by atoms with Crippen molar-refractivity contribution in [3.8, 4) is 0 Å². The van der Waals surface area contributed by atoms with Gasteiger partial charge in [-0.15, -0.1) is 0 Å². The van der Waals surface area contributed by atoms with Gasteiger partial charge in [0.05, 0.1) is 12.1 Å². The van der Waals surface area contributed by atoms with Crippen molar-refractivity contribution in [3.05, 3.63) is 0 Å². The van der Waals surface area contributed by atoms with E-state index >= 15 is 0 Å². The highest BCUT2D eigenvalue weighted by molar-refractivity contribution is 5.78. The predicted molar refractivity (Wildman–Crippen MR) is 67.4 cm³/mol. The molecule has 0 aromatic heterocycles. The Bertz CT molecular complexity index is 273. The zero-order chi connectivity index (χ0) is 12.5. The average molecular weight is 227 g/mol. The van der Waals surface area contributed by atoms with Crippen LogP contribution < -0.4 is 11.1 Å². The van der Waals surface area contributed by atoms with E-state index < -0.39 is 0 Å². The normalized spacial score (nSPS) is 33.7. The van der Waals surface area contributed by atoms with E-state index in [9.17, 15) is 0 Å². The molecular formula is C12H25N3O. The Morgan fingerprint density at radius 3 is 2.38 bits per heavy atom. The fourth-order valence-electron chi connectivity index (χ4n) is 2.86. The van der Waals surface area contributed by atoms with E-state index in [-0.39, 0.29) is 17.6 Å². The average Bonchev–Trinajstić information content (AvgIpc) is 2.13. The quantitative estimate of drug-likeness (QED) is 0.565. The van der Waals surface area contributed by atoms with E-state index in [0.717, 1.165) is 0 Å². The lowest BCUT2D eigenvalue weighted by Gasteiger charge is -2.54. The maximum atomic E-state index is 5.85. The van der Waals surface area contributed by atoms with Crippen LogP contribution in [0.5, 0.6) is 0 Å². The van der Waals surface area contributed by atoms with Gasteiger partial charge in [-0.25, -0.2) is 4.99 Å². The van der Waals surface area contributed by atoms with Gasteiger partial charge in [-0.3, -0.25) is 0 Å². The molecule has 0 aromatic carbocycles. The number of hydrogen-bond donors (Lipinski definition) is 2. The molecule has 16 heavy (non-hydrogen) atoms. The number of hydrogen-bond acceptors (Lipinski definition) is 2. The van der Waals surface area contributed by atoms with Gasteiger partial charge in [0.15, 0.2) is 5.96 Å². The fraction of sp³-hybridized carbons (Fsp3) is 0.917. The van der Waals surface area contributed by atoms with E-state index in [1.807, 2.05) is 0 Å². The molecule has 4 heteroatoms. The maximum absolute atomic E-state index is 5.85. The molecule has 0 aliphatic heterocycles. The van der Waals surface area contributed by atoms with Crippen LogP contribution in [0.3, 0.4) is 0 Å². The largest absolute Gasteiger partial charge is 0.380 e. The Morgan fingerprint density at radius 2 is 2.00 bits per heavy atom. The second-order valence-electron chi connectivity index (χ2n) is 5.60. The van der Waals surface area contributed by atoms with Crippen LogP contribution in [-0.4, -0.2) is 31.3 Å². The van der Waals surface area contributed by atoms with Gasteiger partial charge in [0.2, 0.25) is 0 Å². The van der Waals surface area contributed by atoms with E-state index in [2.05, 4.69) is 44.9 Å². The van der Waals surface area contributed by atoms with E-state index in [1.165, 1.54) is 0 Å². The summed E-state index contributed by atoms with van der Waals surface area (Å²) in [6, 6.07) is 0.559. The number of nitrogens with two attached hydrogens (primary N) is 1. The minimum absolute atomic E-state index is 0.0669. The summed E-state index contributed by atoms with van der Waals surface area (Å²) in [5.41, 5.74) is 5.92. The summed E-state index contributed by atoms with van der Waals surface area (Å²) in [5.74, 6) is 0.960. The molecule has 94 valence electrons. The van der Waals surface area contributed by atoms with Crippen LogP contribution in [0.2, 0.25) is 0 Å². The summed E-state index contributed by atoms with van der Waals surface area (Å²) in [5, 5.41) is 3.12. The Labute approximate surface area is 98.6 Å². The molecule has 0 bridgehead atoms. The minimum atomic E-state index is 0.0669. The monoisotopic (exact) mass is 227 g/mol. The van der Waals surface area contributed by atoms with Crippen LogP contribution >= 0.6 is 0 Å².